The van der Waals surface area contributed by atoms with Gasteiger partial charge in [0.05, 0.1) is 6.54 Å². The van der Waals surface area contributed by atoms with E-state index >= 15 is 0 Å². The van der Waals surface area contributed by atoms with Gasteiger partial charge in [-0.3, -0.25) is 19.3 Å². The highest BCUT2D eigenvalue weighted by atomic mass is 32.2. The zero-order valence-corrected chi connectivity index (χ0v) is 14.5. The first-order valence-corrected chi connectivity index (χ1v) is 8.74. The summed E-state index contributed by atoms with van der Waals surface area (Å²) in [5.74, 6) is 0.881. The monoisotopic (exact) mass is 355 g/mol. The Morgan fingerprint density at radius 3 is 2.36 bits per heavy atom. The molecule has 3 rings (SSSR count). The minimum Gasteiger partial charge on any atom is -0.457 e. The number of rotatable bonds is 5. The van der Waals surface area contributed by atoms with Gasteiger partial charge in [0.2, 0.25) is 11.8 Å². The number of thioether (sulfide) groups is 1. The summed E-state index contributed by atoms with van der Waals surface area (Å²) < 4.78 is 5.72. The molecule has 0 bridgehead atoms. The highest BCUT2D eigenvalue weighted by Crippen LogP contribution is 2.27. The third kappa shape index (κ3) is 4.28. The van der Waals surface area contributed by atoms with Gasteiger partial charge in [-0.2, -0.15) is 0 Å². The van der Waals surface area contributed by atoms with Gasteiger partial charge in [0.25, 0.3) is 0 Å². The number of nitrogens with zero attached hydrogens (tertiary/aromatic N) is 1. The van der Waals surface area contributed by atoms with Crippen LogP contribution in [0.4, 0.5) is 0 Å². The van der Waals surface area contributed by atoms with E-state index in [0.717, 1.165) is 23.1 Å². The van der Waals surface area contributed by atoms with E-state index in [1.807, 2.05) is 42.5 Å². The second kappa shape index (κ2) is 7.53. The van der Waals surface area contributed by atoms with Crippen molar-refractivity contribution < 1.29 is 19.1 Å². The summed E-state index contributed by atoms with van der Waals surface area (Å²) in [4.78, 5) is 36.7. The number of hydrogen-bond acceptors (Lipinski definition) is 5. The van der Waals surface area contributed by atoms with E-state index in [9.17, 15) is 14.4 Å². The molecule has 25 heavy (non-hydrogen) atoms. The number of ether oxygens (including phenoxy) is 1. The van der Waals surface area contributed by atoms with Crippen molar-refractivity contribution in [2.24, 2.45) is 0 Å². The van der Waals surface area contributed by atoms with Crippen molar-refractivity contribution >= 4 is 28.7 Å². The number of imide groups is 1. The lowest BCUT2D eigenvalue weighted by Gasteiger charge is -2.15. The summed E-state index contributed by atoms with van der Waals surface area (Å²) in [6.45, 7) is 1.61. The molecule has 0 radical (unpaired) electrons. The Morgan fingerprint density at radius 2 is 1.72 bits per heavy atom. The highest BCUT2D eigenvalue weighted by molar-refractivity contribution is 8.14. The first-order chi connectivity index (χ1) is 12.0. The molecule has 1 heterocycles. The van der Waals surface area contributed by atoms with Crippen LogP contribution in [0, 0.1) is 0 Å². The van der Waals surface area contributed by atoms with Gasteiger partial charge in [0, 0.05) is 13.3 Å². The lowest BCUT2D eigenvalue weighted by molar-refractivity contribution is -0.139. The molecule has 2 amide bonds. The molecule has 5 nitrogen and oxygen atoms in total. The highest BCUT2D eigenvalue weighted by Gasteiger charge is 2.39. The molecule has 2 aromatic rings. The van der Waals surface area contributed by atoms with Crippen molar-refractivity contribution in [1.29, 1.82) is 0 Å². The van der Waals surface area contributed by atoms with Crippen molar-refractivity contribution in [3.8, 4) is 11.5 Å². The van der Waals surface area contributed by atoms with Crippen LogP contribution < -0.4 is 4.74 Å². The number of likely N-dealkylation sites (tertiary alicyclic amines) is 1. The molecule has 1 fully saturated rings. The normalized spacial score (nSPS) is 17.0. The van der Waals surface area contributed by atoms with Gasteiger partial charge in [-0.1, -0.05) is 42.1 Å². The van der Waals surface area contributed by atoms with E-state index in [4.69, 9.17) is 4.74 Å². The molecule has 1 unspecified atom stereocenters. The fraction of sp³-hybridized carbons (Fsp3) is 0.211. The molecule has 2 aromatic carbocycles. The molecule has 0 aliphatic carbocycles. The minimum absolute atomic E-state index is 0.0816. The van der Waals surface area contributed by atoms with E-state index < -0.39 is 5.25 Å². The molecule has 1 aliphatic rings. The first-order valence-electron chi connectivity index (χ1n) is 7.86. The fourth-order valence-electron chi connectivity index (χ4n) is 2.58. The van der Waals surface area contributed by atoms with Crippen LogP contribution in [0.25, 0.3) is 0 Å². The van der Waals surface area contributed by atoms with Gasteiger partial charge in [-0.05, 0) is 29.8 Å². The van der Waals surface area contributed by atoms with Crippen molar-refractivity contribution in [1.82, 2.24) is 4.90 Å². The predicted molar refractivity (Wildman–Crippen MR) is 95.2 cm³/mol. The molecular weight excluding hydrogens is 338 g/mol. The molecule has 1 saturated heterocycles. The zero-order chi connectivity index (χ0) is 17.8. The Hall–Kier alpha value is -2.60. The molecule has 0 saturated carbocycles. The average molecular weight is 355 g/mol. The van der Waals surface area contributed by atoms with Crippen LogP contribution in [0.3, 0.4) is 0 Å². The van der Waals surface area contributed by atoms with E-state index in [1.54, 1.807) is 12.1 Å². The summed E-state index contributed by atoms with van der Waals surface area (Å²) in [5, 5.41) is -0.749. The topological polar surface area (TPSA) is 63.7 Å². The van der Waals surface area contributed by atoms with Crippen molar-refractivity contribution in [2.45, 2.75) is 25.1 Å². The second-order valence-electron chi connectivity index (χ2n) is 5.68. The number of benzene rings is 2. The maximum atomic E-state index is 12.3. The maximum absolute atomic E-state index is 12.3. The first kappa shape index (κ1) is 17.2. The molecule has 0 N–H and O–H groups in total. The van der Waals surface area contributed by atoms with E-state index in [2.05, 4.69) is 0 Å². The SMILES string of the molecule is CC(=O)SC1CC(=O)N(Cc2ccc(Oc3ccccc3)cc2)C1=O. The van der Waals surface area contributed by atoms with Crippen molar-refractivity contribution in [2.75, 3.05) is 0 Å². The lowest BCUT2D eigenvalue weighted by Crippen LogP contribution is -2.30. The third-order valence-corrected chi connectivity index (χ3v) is 4.74. The van der Waals surface area contributed by atoms with E-state index in [1.165, 1.54) is 11.8 Å². The molecule has 0 spiro atoms. The predicted octanol–water partition coefficient (Wildman–Crippen LogP) is 3.39. The summed E-state index contributed by atoms with van der Waals surface area (Å²) in [5.41, 5.74) is 0.829. The number of amides is 2. The van der Waals surface area contributed by atoms with Crippen molar-refractivity contribution in [3.63, 3.8) is 0 Å². The molecule has 0 aromatic heterocycles. The molecule has 1 aliphatic heterocycles. The van der Waals surface area contributed by atoms with Gasteiger partial charge in [-0.25, -0.2) is 0 Å². The van der Waals surface area contributed by atoms with Crippen LogP contribution in [-0.4, -0.2) is 27.1 Å². The number of carbonyl (C=O) groups excluding carboxylic acids is 3. The largest absolute Gasteiger partial charge is 0.457 e. The van der Waals surface area contributed by atoms with Crippen LogP contribution in [0.5, 0.6) is 11.5 Å². The van der Waals surface area contributed by atoms with E-state index in [-0.39, 0.29) is 29.9 Å². The Bertz CT molecular complexity index is 789. The molecule has 6 heteroatoms. The number of carbonyl (C=O) groups is 3. The molecular formula is C19H17NO4S. The maximum Gasteiger partial charge on any atom is 0.243 e. The summed E-state index contributed by atoms with van der Waals surface area (Å²) >= 11 is 0.921. The van der Waals surface area contributed by atoms with Gasteiger partial charge in [0.15, 0.2) is 5.12 Å². The Labute approximate surface area is 150 Å². The Balaban J connectivity index is 1.64. The van der Waals surface area contributed by atoms with Crippen LogP contribution in [-0.2, 0) is 20.9 Å². The molecule has 128 valence electrons. The summed E-state index contributed by atoms with van der Waals surface area (Å²) in [6.07, 6.45) is 0.0816. The van der Waals surface area contributed by atoms with Gasteiger partial charge in [0.1, 0.15) is 16.7 Å². The Morgan fingerprint density at radius 1 is 1.08 bits per heavy atom. The summed E-state index contributed by atoms with van der Waals surface area (Å²) in [6, 6.07) is 16.7. The summed E-state index contributed by atoms with van der Waals surface area (Å²) in [7, 11) is 0. The fourth-order valence-corrected chi connectivity index (χ4v) is 3.44. The van der Waals surface area contributed by atoms with Crippen LogP contribution >= 0.6 is 11.8 Å². The number of hydrogen-bond donors (Lipinski definition) is 0. The zero-order valence-electron chi connectivity index (χ0n) is 13.7. The second-order valence-corrected chi connectivity index (χ2v) is 7.06. The van der Waals surface area contributed by atoms with Crippen molar-refractivity contribution in [3.05, 3.63) is 60.2 Å². The van der Waals surface area contributed by atoms with Gasteiger partial charge < -0.3 is 4.74 Å². The molecule has 1 atom stereocenters. The smallest absolute Gasteiger partial charge is 0.243 e. The van der Waals surface area contributed by atoms with E-state index in [0.29, 0.717) is 5.75 Å². The van der Waals surface area contributed by atoms with Crippen LogP contribution in [0.15, 0.2) is 54.6 Å². The third-order valence-electron chi connectivity index (χ3n) is 3.75. The average Bonchev–Trinajstić information content (AvgIpc) is 2.84. The Kier molecular flexibility index (Phi) is 5.19. The standard InChI is InChI=1S/C19H17NO4S/c1-13(21)25-17-11-18(22)20(19(17)23)12-14-7-9-16(10-8-14)24-15-5-3-2-4-6-15/h2-10,17H,11-12H2,1H3. The quantitative estimate of drug-likeness (QED) is 0.769. The van der Waals surface area contributed by atoms with Gasteiger partial charge >= 0.3 is 0 Å². The minimum atomic E-state index is -0.592. The van der Waals surface area contributed by atoms with Gasteiger partial charge in [-0.15, -0.1) is 0 Å². The lowest BCUT2D eigenvalue weighted by atomic mass is 10.2. The van der Waals surface area contributed by atoms with Crippen LogP contribution in [0.2, 0.25) is 0 Å². The number of para-hydroxylation sites is 1. The van der Waals surface area contributed by atoms with Crippen LogP contribution in [0.1, 0.15) is 18.9 Å².